The molecule has 6 nitrogen and oxygen atoms in total. The van der Waals surface area contributed by atoms with Gasteiger partial charge in [-0.3, -0.25) is 9.88 Å². The van der Waals surface area contributed by atoms with E-state index in [4.69, 9.17) is 9.72 Å². The van der Waals surface area contributed by atoms with Crippen molar-refractivity contribution < 1.29 is 4.74 Å². The lowest BCUT2D eigenvalue weighted by Crippen LogP contribution is -2.49. The second-order valence-electron chi connectivity index (χ2n) is 7.75. The van der Waals surface area contributed by atoms with Gasteiger partial charge in [0.1, 0.15) is 5.82 Å². The van der Waals surface area contributed by atoms with Gasteiger partial charge in [0.2, 0.25) is 0 Å². The summed E-state index contributed by atoms with van der Waals surface area (Å²) in [6.45, 7) is 7.74. The van der Waals surface area contributed by atoms with E-state index in [1.165, 1.54) is 5.56 Å². The molecule has 30 heavy (non-hydrogen) atoms. The molecular weight excluding hydrogens is 374 g/mol. The number of hydrogen-bond acceptors (Lipinski definition) is 6. The number of nitrogens with one attached hydrogen (secondary N) is 1. The summed E-state index contributed by atoms with van der Waals surface area (Å²) in [7, 11) is 0. The van der Waals surface area contributed by atoms with Gasteiger partial charge in [-0.15, -0.1) is 0 Å². The van der Waals surface area contributed by atoms with Crippen molar-refractivity contribution in [3.8, 4) is 11.4 Å². The summed E-state index contributed by atoms with van der Waals surface area (Å²) in [5.74, 6) is 1.52. The number of aryl methyl sites for hydroxylation is 1. The number of aromatic nitrogens is 3. The van der Waals surface area contributed by atoms with Gasteiger partial charge in [0.15, 0.2) is 5.82 Å². The molecule has 3 aromatic rings. The number of ether oxygens (including phenoxy) is 1. The quantitative estimate of drug-likeness (QED) is 0.645. The predicted octanol–water partition coefficient (Wildman–Crippen LogP) is 3.94. The van der Waals surface area contributed by atoms with Crippen LogP contribution < -0.4 is 5.32 Å². The standard InChI is InChI=1S/C24H29N5O/c1-3-21(22-17-29(12-13-30-22)16-19-8-5-4-6-9-19)27-23-14-18(2)26-24(28-23)20-10-7-11-25-15-20/h4-11,14-15,21-22H,3,12-13,16-17H2,1-2H3,(H,26,27,28). The molecule has 0 spiro atoms. The fourth-order valence-electron chi connectivity index (χ4n) is 3.87. The zero-order valence-electron chi connectivity index (χ0n) is 17.7. The van der Waals surface area contributed by atoms with Crippen molar-refractivity contribution in [2.45, 2.75) is 39.0 Å². The first-order chi connectivity index (χ1) is 14.7. The van der Waals surface area contributed by atoms with Gasteiger partial charge in [-0.05, 0) is 31.0 Å². The molecule has 2 unspecified atom stereocenters. The first-order valence-electron chi connectivity index (χ1n) is 10.6. The molecule has 0 aliphatic carbocycles. The van der Waals surface area contributed by atoms with Crippen LogP contribution in [0, 0.1) is 6.92 Å². The van der Waals surface area contributed by atoms with Crippen LogP contribution in [-0.4, -0.2) is 51.7 Å². The van der Waals surface area contributed by atoms with Gasteiger partial charge in [-0.2, -0.15) is 0 Å². The van der Waals surface area contributed by atoms with E-state index in [0.717, 1.165) is 49.7 Å². The summed E-state index contributed by atoms with van der Waals surface area (Å²) in [4.78, 5) is 16.0. The Morgan fingerprint density at radius 2 is 2.03 bits per heavy atom. The van der Waals surface area contributed by atoms with Crippen LogP contribution in [0.4, 0.5) is 5.82 Å². The van der Waals surface area contributed by atoms with Crippen molar-refractivity contribution in [2.75, 3.05) is 25.0 Å². The van der Waals surface area contributed by atoms with Crippen molar-refractivity contribution in [1.29, 1.82) is 0 Å². The first kappa shape index (κ1) is 20.4. The fraction of sp³-hybridized carbons (Fsp3) is 0.375. The maximum absolute atomic E-state index is 6.16. The number of anilines is 1. The molecule has 1 aliphatic heterocycles. The number of nitrogens with zero attached hydrogens (tertiary/aromatic N) is 4. The van der Waals surface area contributed by atoms with E-state index in [-0.39, 0.29) is 12.1 Å². The average molecular weight is 404 g/mol. The minimum Gasteiger partial charge on any atom is -0.373 e. The Morgan fingerprint density at radius 3 is 2.80 bits per heavy atom. The minimum absolute atomic E-state index is 0.115. The normalized spacial score (nSPS) is 18.1. The second kappa shape index (κ2) is 9.78. The molecule has 1 aliphatic rings. The average Bonchev–Trinajstić information content (AvgIpc) is 2.78. The summed E-state index contributed by atoms with van der Waals surface area (Å²) in [6.07, 6.45) is 4.62. The van der Waals surface area contributed by atoms with Crippen LogP contribution in [0.2, 0.25) is 0 Å². The van der Waals surface area contributed by atoms with Crippen LogP contribution >= 0.6 is 0 Å². The van der Waals surface area contributed by atoms with Gasteiger partial charge in [-0.1, -0.05) is 37.3 Å². The van der Waals surface area contributed by atoms with Crippen LogP contribution in [0.25, 0.3) is 11.4 Å². The second-order valence-corrected chi connectivity index (χ2v) is 7.75. The summed E-state index contributed by atoms with van der Waals surface area (Å²) in [5, 5.41) is 3.61. The van der Waals surface area contributed by atoms with Gasteiger partial charge in [-0.25, -0.2) is 9.97 Å². The lowest BCUT2D eigenvalue weighted by atomic mass is 10.1. The highest BCUT2D eigenvalue weighted by molar-refractivity contribution is 5.56. The zero-order valence-corrected chi connectivity index (χ0v) is 17.7. The Kier molecular flexibility index (Phi) is 6.67. The molecule has 3 heterocycles. The molecule has 1 fully saturated rings. The molecule has 2 atom stereocenters. The van der Waals surface area contributed by atoms with E-state index in [0.29, 0.717) is 5.82 Å². The summed E-state index contributed by atoms with van der Waals surface area (Å²) in [6, 6.07) is 16.7. The molecule has 0 saturated carbocycles. The predicted molar refractivity (Wildman–Crippen MR) is 119 cm³/mol. The minimum atomic E-state index is 0.115. The molecule has 6 heteroatoms. The van der Waals surface area contributed by atoms with Crippen molar-refractivity contribution in [3.05, 3.63) is 72.2 Å². The third-order valence-corrected chi connectivity index (χ3v) is 5.42. The molecule has 156 valence electrons. The maximum Gasteiger partial charge on any atom is 0.163 e. The van der Waals surface area contributed by atoms with Crippen LogP contribution in [0.15, 0.2) is 60.9 Å². The molecule has 1 aromatic carbocycles. The SMILES string of the molecule is CCC(Nc1cc(C)nc(-c2cccnc2)n1)C1CN(Cc2ccccc2)CCO1. The summed E-state index contributed by atoms with van der Waals surface area (Å²) in [5.41, 5.74) is 3.18. The monoisotopic (exact) mass is 403 g/mol. The Hall–Kier alpha value is -2.83. The number of pyridine rings is 1. The van der Waals surface area contributed by atoms with Gasteiger partial charge < -0.3 is 10.1 Å². The third-order valence-electron chi connectivity index (χ3n) is 5.42. The highest BCUT2D eigenvalue weighted by Gasteiger charge is 2.27. The van der Waals surface area contributed by atoms with E-state index >= 15 is 0 Å². The number of hydrogen-bond donors (Lipinski definition) is 1. The zero-order chi connectivity index (χ0) is 20.8. The third kappa shape index (κ3) is 5.20. The maximum atomic E-state index is 6.16. The van der Waals surface area contributed by atoms with Crippen LogP contribution in [0.3, 0.4) is 0 Å². The van der Waals surface area contributed by atoms with E-state index in [2.05, 4.69) is 57.4 Å². The van der Waals surface area contributed by atoms with Crippen LogP contribution in [0.1, 0.15) is 24.6 Å². The lowest BCUT2D eigenvalue weighted by Gasteiger charge is -2.37. The molecule has 0 radical (unpaired) electrons. The van der Waals surface area contributed by atoms with E-state index in [9.17, 15) is 0 Å². The van der Waals surface area contributed by atoms with E-state index in [1.54, 1.807) is 12.4 Å². The number of benzene rings is 1. The smallest absolute Gasteiger partial charge is 0.163 e. The van der Waals surface area contributed by atoms with Gasteiger partial charge in [0.25, 0.3) is 0 Å². The molecule has 4 rings (SSSR count). The molecule has 0 amide bonds. The highest BCUT2D eigenvalue weighted by Crippen LogP contribution is 2.21. The Balaban J connectivity index is 1.46. The summed E-state index contributed by atoms with van der Waals surface area (Å²) >= 11 is 0. The van der Waals surface area contributed by atoms with Gasteiger partial charge in [0, 0.05) is 49.4 Å². The van der Waals surface area contributed by atoms with E-state index < -0.39 is 0 Å². The molecule has 1 N–H and O–H groups in total. The van der Waals surface area contributed by atoms with Crippen LogP contribution in [0.5, 0.6) is 0 Å². The summed E-state index contributed by atoms with van der Waals surface area (Å²) < 4.78 is 6.16. The first-order valence-corrected chi connectivity index (χ1v) is 10.6. The fourth-order valence-corrected chi connectivity index (χ4v) is 3.87. The van der Waals surface area contributed by atoms with Crippen molar-refractivity contribution in [2.24, 2.45) is 0 Å². The largest absolute Gasteiger partial charge is 0.373 e. The lowest BCUT2D eigenvalue weighted by molar-refractivity contribution is -0.0403. The van der Waals surface area contributed by atoms with Crippen LogP contribution in [-0.2, 0) is 11.3 Å². The van der Waals surface area contributed by atoms with Gasteiger partial charge >= 0.3 is 0 Å². The molecule has 1 saturated heterocycles. The van der Waals surface area contributed by atoms with E-state index in [1.807, 2.05) is 25.1 Å². The Bertz CT molecular complexity index is 935. The highest BCUT2D eigenvalue weighted by atomic mass is 16.5. The molecular formula is C24H29N5O. The number of morpholine rings is 1. The Morgan fingerprint density at radius 1 is 1.17 bits per heavy atom. The van der Waals surface area contributed by atoms with Gasteiger partial charge in [0.05, 0.1) is 18.8 Å². The Labute approximate surface area is 178 Å². The topological polar surface area (TPSA) is 63.2 Å². The molecule has 0 bridgehead atoms. The number of rotatable bonds is 7. The van der Waals surface area contributed by atoms with Crippen molar-refractivity contribution >= 4 is 5.82 Å². The van der Waals surface area contributed by atoms with Crippen molar-refractivity contribution in [1.82, 2.24) is 19.9 Å². The molecule has 2 aromatic heterocycles. The van der Waals surface area contributed by atoms with Crippen molar-refractivity contribution in [3.63, 3.8) is 0 Å².